The minimum atomic E-state index is -0.707. The van der Waals surface area contributed by atoms with Gasteiger partial charge in [0.25, 0.3) is 5.91 Å². The molecule has 2 aromatic carbocycles. The lowest BCUT2D eigenvalue weighted by Gasteiger charge is -2.19. The predicted molar refractivity (Wildman–Crippen MR) is 112 cm³/mol. The zero-order valence-corrected chi connectivity index (χ0v) is 17.4. The normalized spacial score (nSPS) is 10.8. The number of hydrogen-bond acceptors (Lipinski definition) is 7. The smallest absolute Gasteiger partial charge is 0.408 e. The van der Waals surface area contributed by atoms with Gasteiger partial charge in [-0.3, -0.25) is 9.59 Å². The molecule has 0 unspecified atom stereocenters. The van der Waals surface area contributed by atoms with Crippen molar-refractivity contribution in [3.8, 4) is 17.2 Å². The molecule has 0 aliphatic carbocycles. The molecule has 166 valence electrons. The number of phenols is 3. The fourth-order valence-electron chi connectivity index (χ4n) is 2.45. The van der Waals surface area contributed by atoms with Crippen LogP contribution in [0.1, 0.15) is 36.7 Å². The number of carbonyl (C=O) groups excluding carboxylic acids is 3. The van der Waals surface area contributed by atoms with Crippen LogP contribution >= 0.6 is 0 Å². The first-order chi connectivity index (χ1) is 14.4. The van der Waals surface area contributed by atoms with Crippen LogP contribution in [0.3, 0.4) is 0 Å². The van der Waals surface area contributed by atoms with Gasteiger partial charge in [-0.25, -0.2) is 4.79 Å². The van der Waals surface area contributed by atoms with Crippen LogP contribution in [0.5, 0.6) is 17.2 Å². The van der Waals surface area contributed by atoms with E-state index in [1.807, 2.05) is 0 Å². The molecule has 2 aromatic rings. The van der Waals surface area contributed by atoms with Crippen LogP contribution in [0.2, 0.25) is 0 Å². The van der Waals surface area contributed by atoms with Gasteiger partial charge in [0.2, 0.25) is 5.91 Å². The number of rotatable bonds is 6. The number of anilines is 1. The summed E-state index contributed by atoms with van der Waals surface area (Å²) in [6.07, 6.45) is -0.703. The van der Waals surface area contributed by atoms with E-state index >= 15 is 0 Å². The van der Waals surface area contributed by atoms with Crippen molar-refractivity contribution >= 4 is 23.6 Å². The van der Waals surface area contributed by atoms with Gasteiger partial charge in [-0.05, 0) is 50.6 Å². The summed E-state index contributed by atoms with van der Waals surface area (Å²) in [5.41, 5.74) is 0.420. The monoisotopic (exact) mass is 431 g/mol. The summed E-state index contributed by atoms with van der Waals surface area (Å²) in [6, 6.07) is 8.73. The lowest BCUT2D eigenvalue weighted by molar-refractivity contribution is -0.115. The zero-order chi connectivity index (χ0) is 23.2. The molecule has 2 rings (SSSR count). The number of carbonyl (C=O) groups is 3. The molecule has 0 bridgehead atoms. The van der Waals surface area contributed by atoms with E-state index in [4.69, 9.17) is 4.74 Å². The Kier molecular flexibility index (Phi) is 7.30. The van der Waals surface area contributed by atoms with Crippen LogP contribution in [0.15, 0.2) is 36.4 Å². The molecule has 31 heavy (non-hydrogen) atoms. The highest BCUT2D eigenvalue weighted by Crippen LogP contribution is 2.35. The van der Waals surface area contributed by atoms with E-state index in [9.17, 15) is 29.7 Å². The molecule has 0 radical (unpaired) electrons. The van der Waals surface area contributed by atoms with E-state index in [1.54, 1.807) is 45.0 Å². The van der Waals surface area contributed by atoms with Gasteiger partial charge in [0.1, 0.15) is 12.1 Å². The van der Waals surface area contributed by atoms with E-state index in [-0.39, 0.29) is 18.7 Å². The number of nitrogens with one attached hydrogen (secondary N) is 3. The van der Waals surface area contributed by atoms with Crippen molar-refractivity contribution in [1.82, 2.24) is 10.6 Å². The first-order valence-electron chi connectivity index (χ1n) is 9.33. The number of ether oxygens (including phenoxy) is 1. The molecular formula is C21H25N3O7. The van der Waals surface area contributed by atoms with E-state index in [1.165, 1.54) is 0 Å². The lowest BCUT2D eigenvalue weighted by atomic mass is 10.1. The SMILES string of the molecule is CC(C)(C)OC(=O)NCC(=O)Nc1cccc(CNC(=O)c2cc(O)c(O)c(O)c2)c1. The van der Waals surface area contributed by atoms with Crippen LogP contribution in [0.25, 0.3) is 0 Å². The summed E-state index contributed by atoms with van der Waals surface area (Å²) in [5.74, 6) is -2.98. The minimum Gasteiger partial charge on any atom is -0.504 e. The highest BCUT2D eigenvalue weighted by molar-refractivity contribution is 5.95. The number of alkyl carbamates (subject to hydrolysis) is 1. The Hall–Kier alpha value is -3.95. The molecule has 0 saturated heterocycles. The van der Waals surface area contributed by atoms with Crippen LogP contribution in [-0.4, -0.2) is 45.4 Å². The summed E-state index contributed by atoms with van der Waals surface area (Å²) in [5, 5.41) is 35.9. The second kappa shape index (κ2) is 9.70. The number of phenolic OH excluding ortho intramolecular Hbond substituents is 3. The lowest BCUT2D eigenvalue weighted by Crippen LogP contribution is -2.37. The van der Waals surface area contributed by atoms with Crippen molar-refractivity contribution in [3.05, 3.63) is 47.5 Å². The van der Waals surface area contributed by atoms with Crippen molar-refractivity contribution in [2.45, 2.75) is 32.9 Å². The Morgan fingerprint density at radius 1 is 0.968 bits per heavy atom. The fourth-order valence-corrected chi connectivity index (χ4v) is 2.45. The highest BCUT2D eigenvalue weighted by atomic mass is 16.6. The molecular weight excluding hydrogens is 406 g/mol. The average Bonchev–Trinajstić information content (AvgIpc) is 2.67. The van der Waals surface area contributed by atoms with Gasteiger partial charge >= 0.3 is 6.09 Å². The van der Waals surface area contributed by atoms with E-state index in [0.29, 0.717) is 11.3 Å². The van der Waals surface area contributed by atoms with Gasteiger partial charge in [0.05, 0.1) is 0 Å². The fraction of sp³-hybridized carbons (Fsp3) is 0.286. The van der Waals surface area contributed by atoms with Gasteiger partial charge in [-0.15, -0.1) is 0 Å². The predicted octanol–water partition coefficient (Wildman–Crippen LogP) is 2.20. The Labute approximate surface area is 178 Å². The van der Waals surface area contributed by atoms with Crippen molar-refractivity contribution in [1.29, 1.82) is 0 Å². The largest absolute Gasteiger partial charge is 0.504 e. The number of benzene rings is 2. The topological polar surface area (TPSA) is 157 Å². The first kappa shape index (κ1) is 23.3. The van der Waals surface area contributed by atoms with Gasteiger partial charge in [-0.2, -0.15) is 0 Å². The maximum atomic E-state index is 12.2. The van der Waals surface area contributed by atoms with E-state index < -0.39 is 40.8 Å². The summed E-state index contributed by atoms with van der Waals surface area (Å²) in [7, 11) is 0. The maximum Gasteiger partial charge on any atom is 0.408 e. The van der Waals surface area contributed by atoms with Gasteiger partial charge in [0.15, 0.2) is 17.2 Å². The molecule has 3 amide bonds. The van der Waals surface area contributed by atoms with Crippen molar-refractivity contribution in [2.75, 3.05) is 11.9 Å². The Morgan fingerprint density at radius 2 is 1.61 bits per heavy atom. The summed E-state index contributed by atoms with van der Waals surface area (Å²) in [4.78, 5) is 35.8. The summed E-state index contributed by atoms with van der Waals surface area (Å²) >= 11 is 0. The molecule has 0 fully saturated rings. The quantitative estimate of drug-likeness (QED) is 0.383. The number of aromatic hydroxyl groups is 3. The van der Waals surface area contributed by atoms with Crippen molar-refractivity contribution in [2.24, 2.45) is 0 Å². The second-order valence-electron chi connectivity index (χ2n) is 7.65. The summed E-state index contributed by atoms with van der Waals surface area (Å²) < 4.78 is 5.05. The third-order valence-electron chi connectivity index (χ3n) is 3.79. The Morgan fingerprint density at radius 3 is 2.23 bits per heavy atom. The molecule has 10 heteroatoms. The first-order valence-corrected chi connectivity index (χ1v) is 9.33. The molecule has 0 saturated carbocycles. The van der Waals surface area contributed by atoms with Crippen LogP contribution in [0.4, 0.5) is 10.5 Å². The molecule has 0 spiro atoms. The molecule has 0 aromatic heterocycles. The standard InChI is InChI=1S/C21H25N3O7/c1-21(2,3)31-20(30)23-11-17(27)24-14-6-4-5-12(7-14)10-22-19(29)13-8-15(25)18(28)16(26)9-13/h4-9,25-26,28H,10-11H2,1-3H3,(H,22,29)(H,23,30)(H,24,27). The van der Waals surface area contributed by atoms with Gasteiger partial charge in [0, 0.05) is 17.8 Å². The molecule has 0 aliphatic heterocycles. The van der Waals surface area contributed by atoms with E-state index in [2.05, 4.69) is 16.0 Å². The van der Waals surface area contributed by atoms with Gasteiger partial charge in [-0.1, -0.05) is 12.1 Å². The third-order valence-corrected chi connectivity index (χ3v) is 3.79. The highest BCUT2D eigenvalue weighted by Gasteiger charge is 2.17. The number of amides is 3. The minimum absolute atomic E-state index is 0.0366. The maximum absolute atomic E-state index is 12.2. The molecule has 0 aliphatic rings. The molecule has 0 atom stereocenters. The van der Waals surface area contributed by atoms with Crippen molar-refractivity contribution in [3.63, 3.8) is 0 Å². The Balaban J connectivity index is 1.89. The number of hydrogen-bond donors (Lipinski definition) is 6. The van der Waals surface area contributed by atoms with Crippen LogP contribution in [-0.2, 0) is 16.1 Å². The Bertz CT molecular complexity index is 960. The molecule has 6 N–H and O–H groups in total. The van der Waals surface area contributed by atoms with Crippen LogP contribution in [0, 0.1) is 0 Å². The van der Waals surface area contributed by atoms with Crippen LogP contribution < -0.4 is 16.0 Å². The zero-order valence-electron chi connectivity index (χ0n) is 17.4. The molecule has 0 heterocycles. The summed E-state index contributed by atoms with van der Waals surface area (Å²) in [6.45, 7) is 4.96. The van der Waals surface area contributed by atoms with E-state index in [0.717, 1.165) is 12.1 Å². The van der Waals surface area contributed by atoms with Crippen molar-refractivity contribution < 1.29 is 34.4 Å². The third kappa shape index (κ3) is 7.42. The van der Waals surface area contributed by atoms with Gasteiger partial charge < -0.3 is 36.0 Å². The average molecular weight is 431 g/mol. The molecule has 10 nitrogen and oxygen atoms in total. The second-order valence-corrected chi connectivity index (χ2v) is 7.65.